The number of hydrogen-bond acceptors (Lipinski definition) is 3. The Morgan fingerprint density at radius 1 is 1.21 bits per heavy atom. The van der Waals surface area contributed by atoms with Crippen LogP contribution in [0.3, 0.4) is 0 Å². The Labute approximate surface area is 109 Å². The smallest absolute Gasteiger partial charge is 0.213 e. The molecule has 0 saturated heterocycles. The number of halogens is 1. The van der Waals surface area contributed by atoms with Crippen LogP contribution in [0.5, 0.6) is 11.6 Å². The van der Waals surface area contributed by atoms with Crippen molar-refractivity contribution in [2.45, 2.75) is 0 Å². The van der Waals surface area contributed by atoms with E-state index in [-0.39, 0.29) is 6.61 Å². The van der Waals surface area contributed by atoms with E-state index in [1.807, 2.05) is 24.3 Å². The zero-order chi connectivity index (χ0) is 13.2. The van der Waals surface area contributed by atoms with E-state index in [0.717, 1.165) is 21.9 Å². The van der Waals surface area contributed by atoms with Gasteiger partial charge in [0.05, 0.1) is 23.7 Å². The molecule has 2 heterocycles. The molecule has 19 heavy (non-hydrogen) atoms. The lowest BCUT2D eigenvalue weighted by Gasteiger charge is -2.02. The molecule has 98 valence electrons. The molecule has 1 N–H and O–H groups in total. The minimum Gasteiger partial charge on any atom is -0.491 e. The van der Waals surface area contributed by atoms with Crippen molar-refractivity contribution in [3.8, 4) is 11.6 Å². The standard InChI is InChI=1S/C14H13FN2O2/c1-18-13-5-4-11-14(17-13)10-3-2-9(19-7-6-15)8-12(10)16-11/h2-5,8,16H,6-7H2,1H3. The fraction of sp³-hybridized carbons (Fsp3) is 0.214. The highest BCUT2D eigenvalue weighted by Gasteiger charge is 2.08. The van der Waals surface area contributed by atoms with Crippen LogP contribution >= 0.6 is 0 Å². The number of aromatic amines is 1. The summed E-state index contributed by atoms with van der Waals surface area (Å²) in [7, 11) is 1.59. The van der Waals surface area contributed by atoms with Crippen molar-refractivity contribution in [3.63, 3.8) is 0 Å². The Morgan fingerprint density at radius 2 is 2.11 bits per heavy atom. The first-order valence-corrected chi connectivity index (χ1v) is 5.97. The average molecular weight is 260 g/mol. The van der Waals surface area contributed by atoms with Crippen LogP contribution in [-0.2, 0) is 0 Å². The summed E-state index contributed by atoms with van der Waals surface area (Å²) in [4.78, 5) is 7.67. The predicted octanol–water partition coefficient (Wildman–Crippen LogP) is 3.07. The van der Waals surface area contributed by atoms with Crippen molar-refractivity contribution in [1.82, 2.24) is 9.97 Å². The highest BCUT2D eigenvalue weighted by Crippen LogP contribution is 2.28. The number of methoxy groups -OCH3 is 1. The number of hydrogen-bond donors (Lipinski definition) is 1. The molecule has 0 aliphatic rings. The molecule has 0 amide bonds. The van der Waals surface area contributed by atoms with Gasteiger partial charge in [0.1, 0.15) is 19.0 Å². The Morgan fingerprint density at radius 3 is 2.89 bits per heavy atom. The third-order valence-corrected chi connectivity index (χ3v) is 2.94. The molecular weight excluding hydrogens is 247 g/mol. The van der Waals surface area contributed by atoms with E-state index in [1.165, 1.54) is 0 Å². The van der Waals surface area contributed by atoms with Crippen LogP contribution in [0.4, 0.5) is 4.39 Å². The van der Waals surface area contributed by atoms with Gasteiger partial charge in [0.25, 0.3) is 0 Å². The summed E-state index contributed by atoms with van der Waals surface area (Å²) in [5, 5.41) is 0.987. The topological polar surface area (TPSA) is 47.1 Å². The van der Waals surface area contributed by atoms with Crippen LogP contribution in [0.1, 0.15) is 0 Å². The van der Waals surface area contributed by atoms with Gasteiger partial charge in [0.15, 0.2) is 0 Å². The van der Waals surface area contributed by atoms with Crippen molar-refractivity contribution in [1.29, 1.82) is 0 Å². The van der Waals surface area contributed by atoms with Gasteiger partial charge in [-0.3, -0.25) is 0 Å². The fourth-order valence-electron chi connectivity index (χ4n) is 2.09. The van der Waals surface area contributed by atoms with Gasteiger partial charge in [-0.05, 0) is 18.2 Å². The highest BCUT2D eigenvalue weighted by molar-refractivity contribution is 6.05. The predicted molar refractivity (Wildman–Crippen MR) is 71.6 cm³/mol. The molecule has 0 radical (unpaired) electrons. The van der Waals surface area contributed by atoms with E-state index in [1.54, 1.807) is 13.2 Å². The molecular formula is C14H13FN2O2. The van der Waals surface area contributed by atoms with Gasteiger partial charge in [-0.2, -0.15) is 0 Å². The quantitative estimate of drug-likeness (QED) is 0.784. The van der Waals surface area contributed by atoms with Crippen LogP contribution in [0, 0.1) is 0 Å². The van der Waals surface area contributed by atoms with E-state index in [4.69, 9.17) is 9.47 Å². The second-order valence-corrected chi connectivity index (χ2v) is 4.12. The second-order valence-electron chi connectivity index (χ2n) is 4.12. The number of nitrogens with zero attached hydrogens (tertiary/aromatic N) is 1. The van der Waals surface area contributed by atoms with E-state index < -0.39 is 6.67 Å². The first kappa shape index (κ1) is 11.8. The monoisotopic (exact) mass is 260 g/mol. The molecule has 3 rings (SSSR count). The summed E-state index contributed by atoms with van der Waals surface area (Å²) in [6, 6.07) is 9.29. The number of ether oxygens (including phenoxy) is 2. The number of H-pyrrole nitrogens is 1. The Bertz CT molecular complexity index is 724. The second kappa shape index (κ2) is 4.76. The Kier molecular flexibility index (Phi) is 2.95. The number of fused-ring (bicyclic) bond motifs is 3. The lowest BCUT2D eigenvalue weighted by Crippen LogP contribution is -1.98. The number of alkyl halides is 1. The van der Waals surface area contributed by atoms with Crippen LogP contribution in [0.25, 0.3) is 21.9 Å². The SMILES string of the molecule is COc1ccc2[nH]c3cc(OCCF)ccc3c2n1. The minimum atomic E-state index is -0.497. The molecule has 3 aromatic rings. The fourth-order valence-corrected chi connectivity index (χ4v) is 2.09. The molecule has 2 aromatic heterocycles. The zero-order valence-electron chi connectivity index (χ0n) is 10.4. The maximum atomic E-state index is 12.1. The van der Waals surface area contributed by atoms with Gasteiger partial charge in [-0.25, -0.2) is 9.37 Å². The maximum absolute atomic E-state index is 12.1. The van der Waals surface area contributed by atoms with Crippen LogP contribution in [-0.4, -0.2) is 30.4 Å². The lowest BCUT2D eigenvalue weighted by molar-refractivity contribution is 0.273. The third kappa shape index (κ3) is 2.07. The molecule has 0 atom stereocenters. The summed E-state index contributed by atoms with van der Waals surface area (Å²) >= 11 is 0. The largest absolute Gasteiger partial charge is 0.491 e. The van der Waals surface area contributed by atoms with E-state index >= 15 is 0 Å². The molecule has 0 saturated carbocycles. The number of benzene rings is 1. The summed E-state index contributed by atoms with van der Waals surface area (Å²) in [6.45, 7) is -0.429. The van der Waals surface area contributed by atoms with Gasteiger partial charge in [-0.1, -0.05) is 0 Å². The number of rotatable bonds is 4. The van der Waals surface area contributed by atoms with Crippen molar-refractivity contribution in [2.24, 2.45) is 0 Å². The van der Waals surface area contributed by atoms with Gasteiger partial charge in [0.2, 0.25) is 5.88 Å². The first-order valence-electron chi connectivity index (χ1n) is 5.97. The van der Waals surface area contributed by atoms with Gasteiger partial charge in [0, 0.05) is 17.5 Å². The summed E-state index contributed by atoms with van der Waals surface area (Å²) in [5.74, 6) is 1.22. The highest BCUT2D eigenvalue weighted by atomic mass is 19.1. The van der Waals surface area contributed by atoms with E-state index in [0.29, 0.717) is 11.6 Å². The van der Waals surface area contributed by atoms with Crippen molar-refractivity contribution in [3.05, 3.63) is 30.3 Å². The minimum absolute atomic E-state index is 0.0673. The normalized spacial score (nSPS) is 11.1. The molecule has 0 aliphatic heterocycles. The average Bonchev–Trinajstić information content (AvgIpc) is 2.81. The first-order chi connectivity index (χ1) is 9.31. The molecule has 5 heteroatoms. The lowest BCUT2D eigenvalue weighted by atomic mass is 10.2. The zero-order valence-corrected chi connectivity index (χ0v) is 10.4. The van der Waals surface area contributed by atoms with Crippen molar-refractivity contribution >= 4 is 21.9 Å². The number of nitrogens with one attached hydrogen (secondary N) is 1. The van der Waals surface area contributed by atoms with Gasteiger partial charge < -0.3 is 14.5 Å². The van der Waals surface area contributed by atoms with Gasteiger partial charge >= 0.3 is 0 Å². The molecule has 0 spiro atoms. The van der Waals surface area contributed by atoms with Gasteiger partial charge in [-0.15, -0.1) is 0 Å². The van der Waals surface area contributed by atoms with E-state index in [9.17, 15) is 4.39 Å². The molecule has 0 bridgehead atoms. The summed E-state index contributed by atoms with van der Waals surface area (Å²) in [5.41, 5.74) is 2.69. The van der Waals surface area contributed by atoms with E-state index in [2.05, 4.69) is 9.97 Å². The molecule has 0 unspecified atom stereocenters. The molecule has 1 aromatic carbocycles. The number of pyridine rings is 1. The Hall–Kier alpha value is -2.30. The summed E-state index contributed by atoms with van der Waals surface area (Å²) < 4.78 is 22.5. The molecule has 0 fully saturated rings. The van der Waals surface area contributed by atoms with Crippen molar-refractivity contribution in [2.75, 3.05) is 20.4 Å². The third-order valence-electron chi connectivity index (χ3n) is 2.94. The van der Waals surface area contributed by atoms with Crippen LogP contribution in [0.2, 0.25) is 0 Å². The summed E-state index contributed by atoms with van der Waals surface area (Å²) in [6.07, 6.45) is 0. The van der Waals surface area contributed by atoms with Crippen molar-refractivity contribution < 1.29 is 13.9 Å². The molecule has 0 aliphatic carbocycles. The maximum Gasteiger partial charge on any atom is 0.213 e. The van der Waals surface area contributed by atoms with Crippen LogP contribution in [0.15, 0.2) is 30.3 Å². The Balaban J connectivity index is 2.12. The van der Waals surface area contributed by atoms with Crippen LogP contribution < -0.4 is 9.47 Å². The molecule has 4 nitrogen and oxygen atoms in total. The number of aromatic nitrogens is 2.